The van der Waals surface area contributed by atoms with Gasteiger partial charge >= 0.3 is 5.97 Å². The molecule has 1 aliphatic carbocycles. The molecule has 3 atom stereocenters. The number of hydrogen-bond donors (Lipinski definition) is 1. The second-order valence-electron chi connectivity index (χ2n) is 10.3. The highest BCUT2D eigenvalue weighted by atomic mass is 35.5. The first kappa shape index (κ1) is 29.2. The Balaban J connectivity index is 1.20. The quantitative estimate of drug-likeness (QED) is 0.387. The van der Waals surface area contributed by atoms with Crippen molar-refractivity contribution in [1.82, 2.24) is 19.7 Å². The SMILES string of the molecule is CC1(C2CC(c3nc(C4CCN(C(=O)Cn5nc(C(F)F)cc5C(F)F)CC4)sc3Cl)=NO2)C=CC=CC1C(=O)O. The standard InChI is InChI=1S/C26H26ClF4N5O4S/c1-26(7-3-2-4-14(26)25(38)39)18-11-15(34-40-18)20-21(27)41-24(32-20)13-5-8-35(9-6-13)19(37)12-36-17(23(30)31)10-16(33-36)22(28)29/h2-4,7,10,13-14,18,22-23H,5-6,8-9,11-12H2,1H3,(H,38,39). The van der Waals surface area contributed by atoms with E-state index in [-0.39, 0.29) is 5.92 Å². The lowest BCUT2D eigenvalue weighted by Gasteiger charge is -2.36. The van der Waals surface area contributed by atoms with E-state index in [0.29, 0.717) is 58.8 Å². The van der Waals surface area contributed by atoms with Gasteiger partial charge in [-0.05, 0) is 18.9 Å². The monoisotopic (exact) mass is 615 g/mol. The first-order chi connectivity index (χ1) is 19.5. The molecule has 2 aromatic heterocycles. The molecule has 1 saturated heterocycles. The number of carbonyl (C=O) groups is 2. The van der Waals surface area contributed by atoms with Crippen LogP contribution in [0.15, 0.2) is 35.5 Å². The Labute approximate surface area is 241 Å². The van der Waals surface area contributed by atoms with Crippen LogP contribution >= 0.6 is 22.9 Å². The van der Waals surface area contributed by atoms with Gasteiger partial charge in [-0.25, -0.2) is 22.5 Å². The molecule has 5 rings (SSSR count). The van der Waals surface area contributed by atoms with Gasteiger partial charge in [0.05, 0.1) is 10.9 Å². The van der Waals surface area contributed by atoms with E-state index in [1.165, 1.54) is 16.2 Å². The van der Waals surface area contributed by atoms with Gasteiger partial charge in [0.25, 0.3) is 12.9 Å². The smallest absolute Gasteiger partial charge is 0.311 e. The second kappa shape index (κ2) is 11.6. The number of likely N-dealkylation sites (tertiary alicyclic amines) is 1. The number of carboxylic acids is 1. The Morgan fingerprint density at radius 2 is 1.95 bits per heavy atom. The Morgan fingerprint density at radius 1 is 1.22 bits per heavy atom. The molecule has 2 aliphatic heterocycles. The molecule has 0 radical (unpaired) electrons. The highest BCUT2D eigenvalue weighted by Crippen LogP contribution is 2.43. The summed E-state index contributed by atoms with van der Waals surface area (Å²) in [5.41, 5.74) is -1.33. The lowest BCUT2D eigenvalue weighted by atomic mass is 9.69. The van der Waals surface area contributed by atoms with Gasteiger partial charge in [0.15, 0.2) is 0 Å². The van der Waals surface area contributed by atoms with Crippen LogP contribution in [0, 0.1) is 11.3 Å². The van der Waals surface area contributed by atoms with Gasteiger partial charge < -0.3 is 14.8 Å². The molecule has 3 aliphatic rings. The number of carbonyl (C=O) groups excluding carboxylic acids is 1. The molecular weight excluding hydrogens is 590 g/mol. The maximum Gasteiger partial charge on any atom is 0.311 e. The van der Waals surface area contributed by atoms with Crippen molar-refractivity contribution in [1.29, 1.82) is 0 Å². The molecule has 1 fully saturated rings. The van der Waals surface area contributed by atoms with Crippen molar-refractivity contribution < 1.29 is 37.1 Å². The number of aliphatic carboxylic acids is 1. The van der Waals surface area contributed by atoms with E-state index in [0.717, 1.165) is 5.01 Å². The van der Waals surface area contributed by atoms with Gasteiger partial charge in [0, 0.05) is 30.8 Å². The summed E-state index contributed by atoms with van der Waals surface area (Å²) in [6.07, 6.45) is 1.76. The molecule has 0 spiro atoms. The minimum atomic E-state index is -3.04. The molecule has 1 N–H and O–H groups in total. The van der Waals surface area contributed by atoms with Crippen LogP contribution < -0.4 is 0 Å². The van der Waals surface area contributed by atoms with Crippen molar-refractivity contribution in [3.05, 3.63) is 56.8 Å². The number of oxime groups is 1. The molecule has 220 valence electrons. The van der Waals surface area contributed by atoms with E-state index in [1.54, 1.807) is 18.2 Å². The zero-order valence-electron chi connectivity index (χ0n) is 21.7. The number of nitrogens with zero attached hydrogens (tertiary/aromatic N) is 5. The van der Waals surface area contributed by atoms with Gasteiger partial charge in [-0.1, -0.05) is 48.0 Å². The average Bonchev–Trinajstić information content (AvgIpc) is 3.67. The van der Waals surface area contributed by atoms with Gasteiger partial charge in [-0.15, -0.1) is 11.3 Å². The Kier molecular flexibility index (Phi) is 8.24. The van der Waals surface area contributed by atoms with E-state index in [2.05, 4.69) is 10.3 Å². The summed E-state index contributed by atoms with van der Waals surface area (Å²) >= 11 is 7.84. The van der Waals surface area contributed by atoms with E-state index in [4.69, 9.17) is 21.4 Å². The molecule has 4 heterocycles. The highest BCUT2D eigenvalue weighted by molar-refractivity contribution is 7.16. The van der Waals surface area contributed by atoms with E-state index in [9.17, 15) is 32.3 Å². The summed E-state index contributed by atoms with van der Waals surface area (Å²) in [6, 6.07) is 0.619. The molecule has 0 bridgehead atoms. The van der Waals surface area contributed by atoms with Crippen molar-refractivity contribution in [2.24, 2.45) is 16.5 Å². The fourth-order valence-corrected chi connectivity index (χ4v) is 6.76. The van der Waals surface area contributed by atoms with Crippen LogP contribution in [0.25, 0.3) is 0 Å². The summed E-state index contributed by atoms with van der Waals surface area (Å²) in [4.78, 5) is 36.5. The number of thiazole rings is 1. The summed E-state index contributed by atoms with van der Waals surface area (Å²) in [7, 11) is 0. The molecule has 1 amide bonds. The molecule has 9 nitrogen and oxygen atoms in total. The number of halogens is 5. The zero-order chi connectivity index (χ0) is 29.5. The van der Waals surface area contributed by atoms with Crippen LogP contribution in [0.5, 0.6) is 0 Å². The minimum absolute atomic E-state index is 0.0129. The number of alkyl halides is 4. The molecule has 41 heavy (non-hydrogen) atoms. The maximum atomic E-state index is 13.3. The molecule has 3 unspecified atom stereocenters. The second-order valence-corrected chi connectivity index (χ2v) is 12.0. The van der Waals surface area contributed by atoms with Crippen molar-refractivity contribution in [2.75, 3.05) is 13.1 Å². The van der Waals surface area contributed by atoms with Crippen LogP contribution in [-0.2, 0) is 21.0 Å². The summed E-state index contributed by atoms with van der Waals surface area (Å²) in [6.45, 7) is 1.91. The first-order valence-corrected chi connectivity index (χ1v) is 14.1. The number of piperidine rings is 1. The molecule has 0 saturated carbocycles. The Bertz CT molecular complexity index is 1420. The average molecular weight is 616 g/mol. The van der Waals surface area contributed by atoms with Crippen LogP contribution in [0.3, 0.4) is 0 Å². The minimum Gasteiger partial charge on any atom is -0.481 e. The molecule has 15 heteroatoms. The number of allylic oxidation sites excluding steroid dienone is 2. The Morgan fingerprint density at radius 3 is 2.61 bits per heavy atom. The van der Waals surface area contributed by atoms with Crippen molar-refractivity contribution in [3.8, 4) is 0 Å². The fraction of sp³-hybridized carbons (Fsp3) is 0.500. The lowest BCUT2D eigenvalue weighted by molar-refractivity contribution is -0.146. The first-order valence-electron chi connectivity index (χ1n) is 12.9. The number of hydrogen-bond acceptors (Lipinski definition) is 7. The summed E-state index contributed by atoms with van der Waals surface area (Å²) in [5, 5.41) is 18.1. The Hall–Kier alpha value is -3.26. The van der Waals surface area contributed by atoms with Crippen LogP contribution in [-0.4, -0.2) is 61.6 Å². The largest absolute Gasteiger partial charge is 0.481 e. The summed E-state index contributed by atoms with van der Waals surface area (Å²) < 4.78 is 53.5. The van der Waals surface area contributed by atoms with Crippen LogP contribution in [0.1, 0.15) is 67.0 Å². The predicted molar refractivity (Wildman–Crippen MR) is 141 cm³/mol. The van der Waals surface area contributed by atoms with E-state index in [1.807, 2.05) is 13.0 Å². The maximum absolute atomic E-state index is 13.3. The summed E-state index contributed by atoms with van der Waals surface area (Å²) in [5.74, 6) is -2.24. The molecule has 0 aromatic carbocycles. The topological polar surface area (TPSA) is 110 Å². The van der Waals surface area contributed by atoms with Gasteiger partial charge in [0.2, 0.25) is 5.91 Å². The number of amides is 1. The van der Waals surface area contributed by atoms with Crippen molar-refractivity contribution >= 4 is 40.5 Å². The third-order valence-electron chi connectivity index (χ3n) is 7.80. The fourth-order valence-electron chi connectivity index (χ4n) is 5.39. The third-order valence-corrected chi connectivity index (χ3v) is 9.22. The van der Waals surface area contributed by atoms with E-state index < -0.39 is 60.1 Å². The lowest BCUT2D eigenvalue weighted by Crippen LogP contribution is -2.41. The number of aromatic nitrogens is 3. The highest BCUT2D eigenvalue weighted by Gasteiger charge is 2.47. The van der Waals surface area contributed by atoms with Crippen LogP contribution in [0.2, 0.25) is 4.34 Å². The predicted octanol–water partition coefficient (Wildman–Crippen LogP) is 5.60. The zero-order valence-corrected chi connectivity index (χ0v) is 23.3. The third kappa shape index (κ3) is 5.76. The van der Waals surface area contributed by atoms with Gasteiger partial charge in [-0.2, -0.15) is 5.10 Å². The molecule has 2 aromatic rings. The van der Waals surface area contributed by atoms with E-state index >= 15 is 0 Å². The van der Waals surface area contributed by atoms with Crippen LogP contribution in [0.4, 0.5) is 17.6 Å². The molecular formula is C26H26ClF4N5O4S. The van der Waals surface area contributed by atoms with Crippen molar-refractivity contribution in [2.45, 2.75) is 57.6 Å². The van der Waals surface area contributed by atoms with Gasteiger partial charge in [-0.3, -0.25) is 14.3 Å². The van der Waals surface area contributed by atoms with Crippen molar-refractivity contribution in [3.63, 3.8) is 0 Å². The van der Waals surface area contributed by atoms with Gasteiger partial charge in [0.1, 0.15) is 39.8 Å². The normalized spacial score (nSPS) is 24.8. The number of carboxylic acid groups (broad SMARTS) is 1. The number of rotatable bonds is 8.